The number of carboxylic acids is 1. The molecule has 1 aliphatic heterocycles. The van der Waals surface area contributed by atoms with Crippen LogP contribution in [0.4, 0.5) is 0 Å². The van der Waals surface area contributed by atoms with E-state index in [0.717, 1.165) is 11.8 Å². The third kappa shape index (κ3) is 5.92. The van der Waals surface area contributed by atoms with E-state index in [-0.39, 0.29) is 35.0 Å². The summed E-state index contributed by atoms with van der Waals surface area (Å²) in [6.07, 6.45) is 0.884. The van der Waals surface area contributed by atoms with Gasteiger partial charge in [-0.3, -0.25) is 9.59 Å². The first-order valence-corrected chi connectivity index (χ1v) is 8.16. The zero-order valence-corrected chi connectivity index (χ0v) is 10.8. The Labute approximate surface area is 104 Å². The van der Waals surface area contributed by atoms with Gasteiger partial charge in [0.25, 0.3) is 0 Å². The second kappa shape index (κ2) is 6.25. The minimum atomic E-state index is -2.91. The molecule has 0 unspecified atom stereocenters. The maximum atomic E-state index is 11.4. The lowest BCUT2D eigenvalue weighted by atomic mass is 10.1. The van der Waals surface area contributed by atoms with Crippen LogP contribution in [0.5, 0.6) is 0 Å². The lowest BCUT2D eigenvalue weighted by molar-refractivity contribution is -0.133. The second-order valence-corrected chi connectivity index (χ2v) is 7.17. The Morgan fingerprint density at radius 3 is 2.35 bits per heavy atom. The molecule has 0 saturated carbocycles. The topological polar surface area (TPSA) is 101 Å². The molecular formula is C9H15NO5S2. The van der Waals surface area contributed by atoms with Crippen LogP contribution >= 0.6 is 11.8 Å². The molecule has 1 rings (SSSR count). The molecule has 0 spiro atoms. The summed E-state index contributed by atoms with van der Waals surface area (Å²) in [5, 5.41) is 11.1. The van der Waals surface area contributed by atoms with Gasteiger partial charge in [-0.15, -0.1) is 11.8 Å². The maximum absolute atomic E-state index is 11.4. The highest BCUT2D eigenvalue weighted by Crippen LogP contribution is 2.12. The molecule has 1 saturated heterocycles. The first-order valence-electron chi connectivity index (χ1n) is 5.18. The third-order valence-corrected chi connectivity index (χ3v) is 5.01. The minimum absolute atomic E-state index is 0.0928. The van der Waals surface area contributed by atoms with Crippen molar-refractivity contribution in [2.45, 2.75) is 18.9 Å². The molecule has 98 valence electrons. The molecular weight excluding hydrogens is 266 g/mol. The smallest absolute Gasteiger partial charge is 0.313 e. The summed E-state index contributed by atoms with van der Waals surface area (Å²) < 4.78 is 22.3. The number of hydrogen-bond acceptors (Lipinski definition) is 5. The maximum Gasteiger partial charge on any atom is 0.313 e. The molecule has 0 aliphatic carbocycles. The van der Waals surface area contributed by atoms with Crippen molar-refractivity contribution in [2.24, 2.45) is 0 Å². The number of sulfone groups is 1. The van der Waals surface area contributed by atoms with Gasteiger partial charge in [0.15, 0.2) is 0 Å². The van der Waals surface area contributed by atoms with E-state index in [4.69, 9.17) is 5.11 Å². The molecule has 0 atom stereocenters. The molecule has 8 heteroatoms. The van der Waals surface area contributed by atoms with Gasteiger partial charge >= 0.3 is 5.97 Å². The van der Waals surface area contributed by atoms with Crippen LogP contribution in [0.1, 0.15) is 12.8 Å². The van der Waals surface area contributed by atoms with Crippen molar-refractivity contribution in [3.63, 3.8) is 0 Å². The van der Waals surface area contributed by atoms with Crippen molar-refractivity contribution >= 4 is 33.5 Å². The van der Waals surface area contributed by atoms with Gasteiger partial charge in [0.05, 0.1) is 23.0 Å². The fourth-order valence-corrected chi connectivity index (χ4v) is 3.57. The highest BCUT2D eigenvalue weighted by atomic mass is 32.2. The number of carbonyl (C=O) groups excluding carboxylic acids is 1. The Morgan fingerprint density at radius 1 is 1.24 bits per heavy atom. The summed E-state index contributed by atoms with van der Waals surface area (Å²) in [7, 11) is -2.91. The van der Waals surface area contributed by atoms with Gasteiger partial charge < -0.3 is 10.4 Å². The van der Waals surface area contributed by atoms with E-state index in [2.05, 4.69) is 5.32 Å². The third-order valence-electron chi connectivity index (χ3n) is 2.38. The van der Waals surface area contributed by atoms with Gasteiger partial charge in [-0.25, -0.2) is 8.42 Å². The van der Waals surface area contributed by atoms with Gasteiger partial charge in [-0.1, -0.05) is 0 Å². The fraction of sp³-hybridized carbons (Fsp3) is 0.778. The van der Waals surface area contributed by atoms with E-state index >= 15 is 0 Å². The van der Waals surface area contributed by atoms with Crippen LogP contribution in [0.25, 0.3) is 0 Å². The molecule has 0 aromatic carbocycles. The van der Waals surface area contributed by atoms with Gasteiger partial charge in [0.2, 0.25) is 5.91 Å². The molecule has 1 amide bonds. The van der Waals surface area contributed by atoms with Crippen molar-refractivity contribution in [3.05, 3.63) is 0 Å². The number of aliphatic carboxylic acids is 1. The predicted octanol–water partition coefficient (Wildman–Crippen LogP) is -0.502. The highest BCUT2D eigenvalue weighted by molar-refractivity contribution is 8.00. The molecule has 0 aromatic heterocycles. The summed E-state index contributed by atoms with van der Waals surface area (Å²) in [5.41, 5.74) is 0. The SMILES string of the molecule is O=C(O)CSCC(=O)NC1CCS(=O)(=O)CC1. The fourth-order valence-electron chi connectivity index (χ4n) is 1.53. The van der Waals surface area contributed by atoms with E-state index in [1.807, 2.05) is 0 Å². The van der Waals surface area contributed by atoms with E-state index in [9.17, 15) is 18.0 Å². The molecule has 1 aliphatic rings. The van der Waals surface area contributed by atoms with Crippen molar-refractivity contribution in [1.29, 1.82) is 0 Å². The van der Waals surface area contributed by atoms with Crippen LogP contribution in [0.15, 0.2) is 0 Å². The van der Waals surface area contributed by atoms with E-state index < -0.39 is 15.8 Å². The number of nitrogens with one attached hydrogen (secondary N) is 1. The first kappa shape index (κ1) is 14.3. The van der Waals surface area contributed by atoms with E-state index in [0.29, 0.717) is 12.8 Å². The number of rotatable bonds is 5. The quantitative estimate of drug-likeness (QED) is 0.704. The molecule has 0 aromatic rings. The average molecular weight is 281 g/mol. The molecule has 6 nitrogen and oxygen atoms in total. The molecule has 2 N–H and O–H groups in total. The van der Waals surface area contributed by atoms with E-state index in [1.165, 1.54) is 0 Å². The second-order valence-electron chi connectivity index (χ2n) is 3.88. The molecule has 17 heavy (non-hydrogen) atoms. The highest BCUT2D eigenvalue weighted by Gasteiger charge is 2.24. The van der Waals surface area contributed by atoms with Crippen LogP contribution in [0, 0.1) is 0 Å². The van der Waals surface area contributed by atoms with Gasteiger partial charge in [0.1, 0.15) is 9.84 Å². The van der Waals surface area contributed by atoms with Crippen LogP contribution < -0.4 is 5.32 Å². The van der Waals surface area contributed by atoms with Gasteiger partial charge in [0, 0.05) is 6.04 Å². The molecule has 1 heterocycles. The Morgan fingerprint density at radius 2 is 1.82 bits per heavy atom. The number of carbonyl (C=O) groups is 2. The molecule has 0 bridgehead atoms. The monoisotopic (exact) mass is 281 g/mol. The lowest BCUT2D eigenvalue weighted by Gasteiger charge is -2.22. The van der Waals surface area contributed by atoms with Crippen LogP contribution in [-0.4, -0.2) is 54.5 Å². The summed E-state index contributed by atoms with van der Waals surface area (Å²) >= 11 is 1.03. The Kier molecular flexibility index (Phi) is 5.26. The first-order chi connectivity index (χ1) is 7.89. The predicted molar refractivity (Wildman–Crippen MR) is 64.8 cm³/mol. The van der Waals surface area contributed by atoms with Gasteiger partial charge in [-0.05, 0) is 12.8 Å². The Hall–Kier alpha value is -0.760. The van der Waals surface area contributed by atoms with Crippen molar-refractivity contribution < 1.29 is 23.1 Å². The number of amides is 1. The Balaban J connectivity index is 2.21. The number of carboxylic acid groups (broad SMARTS) is 1. The largest absolute Gasteiger partial charge is 0.481 e. The van der Waals surface area contributed by atoms with Crippen LogP contribution in [0.2, 0.25) is 0 Å². The summed E-state index contributed by atoms with van der Waals surface area (Å²) in [6, 6.07) is -0.101. The number of hydrogen-bond donors (Lipinski definition) is 2. The normalized spacial score (nSPS) is 19.8. The summed E-state index contributed by atoms with van der Waals surface area (Å²) in [6.45, 7) is 0. The minimum Gasteiger partial charge on any atom is -0.481 e. The zero-order valence-electron chi connectivity index (χ0n) is 9.22. The zero-order chi connectivity index (χ0) is 12.9. The molecule has 1 fully saturated rings. The van der Waals surface area contributed by atoms with Crippen LogP contribution in [0.3, 0.4) is 0 Å². The summed E-state index contributed by atoms with van der Waals surface area (Å²) in [4.78, 5) is 21.6. The lowest BCUT2D eigenvalue weighted by Crippen LogP contribution is -2.41. The summed E-state index contributed by atoms with van der Waals surface area (Å²) in [5.74, 6) is -0.977. The van der Waals surface area contributed by atoms with E-state index in [1.54, 1.807) is 0 Å². The average Bonchev–Trinajstić information content (AvgIpc) is 2.21. The van der Waals surface area contributed by atoms with Gasteiger partial charge in [-0.2, -0.15) is 0 Å². The van der Waals surface area contributed by atoms with Crippen molar-refractivity contribution in [1.82, 2.24) is 5.32 Å². The number of thioether (sulfide) groups is 1. The standard InChI is InChI=1S/C9H15NO5S2/c11-8(5-16-6-9(12)13)10-7-1-3-17(14,15)4-2-7/h7H,1-6H2,(H,10,11)(H,12,13). The van der Waals surface area contributed by atoms with Crippen molar-refractivity contribution in [3.8, 4) is 0 Å². The van der Waals surface area contributed by atoms with Crippen molar-refractivity contribution in [2.75, 3.05) is 23.0 Å². The molecule has 0 radical (unpaired) electrons. The van der Waals surface area contributed by atoms with Crippen LogP contribution in [-0.2, 0) is 19.4 Å². The Bertz CT molecular complexity index is 378.